The van der Waals surface area contributed by atoms with Crippen LogP contribution >= 0.6 is 19.8 Å². The van der Waals surface area contributed by atoms with Crippen LogP contribution in [0.4, 0.5) is 0 Å². The number of aliphatic hydroxyl groups is 1. The van der Waals surface area contributed by atoms with E-state index in [0.717, 1.165) is 4.43 Å². The summed E-state index contributed by atoms with van der Waals surface area (Å²) in [7, 11) is 0. The summed E-state index contributed by atoms with van der Waals surface area (Å²) in [5, 5.41) is 11.0. The summed E-state index contributed by atoms with van der Waals surface area (Å²) in [5.74, 6) is 0. The van der Waals surface area contributed by atoms with Crippen LogP contribution in [0, 0.1) is 10.8 Å². The number of aryl methyl sites for hydroxylation is 2. The van der Waals surface area contributed by atoms with Crippen molar-refractivity contribution < 1.29 is 9.84 Å². The second-order valence-corrected chi connectivity index (χ2v) is 15.1. The zero-order valence-corrected chi connectivity index (χ0v) is 19.3. The van der Waals surface area contributed by atoms with E-state index in [2.05, 4.69) is 62.7 Å². The molecule has 0 bridgehead atoms. The zero-order valence-electron chi connectivity index (χ0n) is 17.2. The molecule has 1 aliphatic carbocycles. The van der Waals surface area contributed by atoms with Gasteiger partial charge in [-0.3, -0.25) is 0 Å². The summed E-state index contributed by atoms with van der Waals surface area (Å²) in [6.45, 7) is 11.0. The molecule has 0 amide bonds. The molecule has 3 unspecified atom stereocenters. The van der Waals surface area contributed by atoms with Crippen molar-refractivity contribution in [2.45, 2.75) is 72.7 Å². The van der Waals surface area contributed by atoms with E-state index in [1.165, 1.54) is 42.4 Å². The van der Waals surface area contributed by atoms with E-state index in [0.29, 0.717) is 0 Å². The number of hydrogen-bond donors (Lipinski definition) is 1. The van der Waals surface area contributed by atoms with E-state index in [-0.39, 0.29) is 16.9 Å². The van der Waals surface area contributed by atoms with Gasteiger partial charge in [-0.25, -0.2) is 0 Å². The summed E-state index contributed by atoms with van der Waals surface area (Å²) in [6, 6.07) is 6.76. The van der Waals surface area contributed by atoms with Crippen molar-refractivity contribution in [3.8, 4) is 0 Å². The molecule has 0 radical (unpaired) electrons. The average Bonchev–Trinajstić information content (AvgIpc) is 2.52. The van der Waals surface area contributed by atoms with Crippen molar-refractivity contribution in [3.05, 3.63) is 34.9 Å². The molecular weight excluding hydrogens is 423 g/mol. The Balaban J connectivity index is 2.16. The fourth-order valence-corrected chi connectivity index (χ4v) is 8.31. The van der Waals surface area contributed by atoms with Crippen LogP contribution in [0.15, 0.2) is 18.2 Å². The molecule has 0 saturated carbocycles. The Morgan fingerprint density at radius 3 is 2.24 bits per heavy atom. The first-order valence-corrected chi connectivity index (χ1v) is 15.3. The molecule has 0 fully saturated rings. The molecule has 0 saturated heterocycles. The van der Waals surface area contributed by atoms with Crippen molar-refractivity contribution in [2.24, 2.45) is 10.8 Å². The molecule has 1 aromatic carbocycles. The van der Waals surface area contributed by atoms with Crippen LogP contribution in [-0.4, -0.2) is 25.7 Å². The van der Waals surface area contributed by atoms with Crippen molar-refractivity contribution in [1.29, 1.82) is 0 Å². The third-order valence-electron chi connectivity index (χ3n) is 5.98. The number of halogens is 1. The van der Waals surface area contributed by atoms with Gasteiger partial charge in [0.1, 0.15) is 0 Å². The topological polar surface area (TPSA) is 29.5 Å². The van der Waals surface area contributed by atoms with Crippen LogP contribution in [0.25, 0.3) is 0 Å². The maximum absolute atomic E-state index is 11.0. The van der Waals surface area contributed by atoms with Gasteiger partial charge in [-0.2, -0.15) is 0 Å². The fraction of sp³-hybridized carbons (Fsp3) is 0.727. The molecule has 2 nitrogen and oxygen atoms in total. The Bertz CT molecular complexity index is 576. The summed E-state index contributed by atoms with van der Waals surface area (Å²) in [5.41, 5.74) is 3.95. The van der Waals surface area contributed by atoms with Crippen LogP contribution in [0.1, 0.15) is 70.3 Å². The Labute approximate surface area is 162 Å². The number of alkyl halides is 3. The Morgan fingerprint density at radius 2 is 1.68 bits per heavy atom. The van der Waals surface area contributed by atoms with Gasteiger partial charge in [0, 0.05) is 0 Å². The van der Waals surface area contributed by atoms with Gasteiger partial charge in [-0.1, -0.05) is 0 Å². The minimum atomic E-state index is -0.999. The quantitative estimate of drug-likeness (QED) is 0.331. The van der Waals surface area contributed by atoms with Gasteiger partial charge in [-0.15, -0.1) is 0 Å². The SMILES string of the molecule is CC(OC(O)C(C)(CI(C)C)C(C)(C)C)c1ccc2c(c1)CCCC2. The third-order valence-corrected chi connectivity index (χ3v) is 9.09. The van der Waals surface area contributed by atoms with Gasteiger partial charge in [0.25, 0.3) is 0 Å². The molecule has 25 heavy (non-hydrogen) atoms. The molecule has 0 aromatic heterocycles. The van der Waals surface area contributed by atoms with Crippen molar-refractivity contribution >= 4 is 19.8 Å². The van der Waals surface area contributed by atoms with Crippen LogP contribution in [0.5, 0.6) is 0 Å². The number of aliphatic hydroxyl groups excluding tert-OH is 1. The van der Waals surface area contributed by atoms with Crippen LogP contribution < -0.4 is 0 Å². The van der Waals surface area contributed by atoms with E-state index in [9.17, 15) is 5.11 Å². The third kappa shape index (κ3) is 4.98. The molecule has 144 valence electrons. The molecule has 3 atom stereocenters. The Hall–Kier alpha value is -0.130. The number of fused-ring (bicyclic) bond motifs is 1. The first kappa shape index (κ1) is 21.2. The van der Waals surface area contributed by atoms with Gasteiger partial charge < -0.3 is 0 Å². The van der Waals surface area contributed by atoms with Crippen LogP contribution in [0.2, 0.25) is 0 Å². The molecule has 1 aromatic rings. The van der Waals surface area contributed by atoms with E-state index >= 15 is 0 Å². The van der Waals surface area contributed by atoms with E-state index in [1.54, 1.807) is 0 Å². The van der Waals surface area contributed by atoms with Gasteiger partial charge in [0.05, 0.1) is 0 Å². The van der Waals surface area contributed by atoms with Crippen molar-refractivity contribution in [3.63, 3.8) is 0 Å². The predicted octanol–water partition coefficient (Wildman–Crippen LogP) is 5.78. The average molecular weight is 460 g/mol. The van der Waals surface area contributed by atoms with Crippen LogP contribution in [0.3, 0.4) is 0 Å². The molecule has 0 heterocycles. The number of rotatable bonds is 6. The molecule has 1 aliphatic rings. The first-order valence-electron chi connectivity index (χ1n) is 9.46. The van der Waals surface area contributed by atoms with Gasteiger partial charge in [-0.05, 0) is 0 Å². The molecule has 1 N–H and O–H groups in total. The monoisotopic (exact) mass is 460 g/mol. The summed E-state index contributed by atoms with van der Waals surface area (Å²) < 4.78 is 7.30. The Morgan fingerprint density at radius 1 is 1.08 bits per heavy atom. The number of benzene rings is 1. The molecule has 0 spiro atoms. The normalized spacial score (nSPS) is 20.4. The summed E-state index contributed by atoms with van der Waals surface area (Å²) in [6.07, 6.45) is 4.15. The van der Waals surface area contributed by atoms with E-state index < -0.39 is 26.1 Å². The van der Waals surface area contributed by atoms with Crippen molar-refractivity contribution in [1.82, 2.24) is 0 Å². The van der Waals surface area contributed by atoms with E-state index in [4.69, 9.17) is 4.74 Å². The number of ether oxygens (including phenoxy) is 1. The molecular formula is C22H37IO2. The van der Waals surface area contributed by atoms with Gasteiger partial charge in [0.2, 0.25) is 0 Å². The van der Waals surface area contributed by atoms with Crippen molar-refractivity contribution in [2.75, 3.05) is 14.3 Å². The van der Waals surface area contributed by atoms with E-state index in [1.807, 2.05) is 0 Å². The molecule has 2 rings (SSSR count). The second kappa shape index (κ2) is 8.26. The standard InChI is InChI=1S/C22H37IO2/c1-16(18-13-12-17-10-8-9-11-19(17)14-18)25-20(24)22(5,15-23(6)7)21(2,3)4/h12-14,16,20,24H,8-11,15H2,1-7H3. The van der Waals surface area contributed by atoms with Gasteiger partial charge in [0.15, 0.2) is 0 Å². The van der Waals surface area contributed by atoms with Crippen LogP contribution in [-0.2, 0) is 17.6 Å². The Kier molecular flexibility index (Phi) is 7.00. The number of hydrogen-bond acceptors (Lipinski definition) is 2. The molecule has 3 heteroatoms. The molecule has 0 aliphatic heterocycles. The summed E-state index contributed by atoms with van der Waals surface area (Å²) >= 11 is -0.999. The summed E-state index contributed by atoms with van der Waals surface area (Å²) in [4.78, 5) is 4.74. The minimum absolute atomic E-state index is 0.00371. The second-order valence-electron chi connectivity index (χ2n) is 9.08. The zero-order chi connectivity index (χ0) is 18.8. The predicted molar refractivity (Wildman–Crippen MR) is 117 cm³/mol. The fourth-order valence-electron chi connectivity index (χ4n) is 3.62. The maximum atomic E-state index is 11.0. The van der Waals surface area contributed by atoms with Gasteiger partial charge >= 0.3 is 162 Å². The first-order chi connectivity index (χ1) is 11.5.